The molecular formula is C14H19NOS. The van der Waals surface area contributed by atoms with Crippen LogP contribution in [0.4, 0.5) is 0 Å². The highest BCUT2D eigenvalue weighted by Crippen LogP contribution is 2.43. The summed E-state index contributed by atoms with van der Waals surface area (Å²) in [4.78, 5) is 11.9. The van der Waals surface area contributed by atoms with Crippen LogP contribution in [-0.2, 0) is 9.54 Å². The fourth-order valence-corrected chi connectivity index (χ4v) is 3.20. The highest BCUT2D eigenvalue weighted by Gasteiger charge is 2.42. The average molecular weight is 249 g/mol. The van der Waals surface area contributed by atoms with Gasteiger partial charge in [0.25, 0.3) is 0 Å². The Balaban J connectivity index is 2.35. The van der Waals surface area contributed by atoms with Crippen LogP contribution in [0.15, 0.2) is 30.3 Å². The first-order valence-corrected chi connectivity index (χ1v) is 6.68. The SMILES string of the molecule is NC(=O)C(S)(c1ccccc1)C1CCCCC1. The highest BCUT2D eigenvalue weighted by atomic mass is 32.1. The molecule has 2 N–H and O–H groups in total. The van der Waals surface area contributed by atoms with Crippen LogP contribution in [0, 0.1) is 5.92 Å². The number of rotatable bonds is 3. The van der Waals surface area contributed by atoms with Gasteiger partial charge in [0, 0.05) is 0 Å². The van der Waals surface area contributed by atoms with Crippen molar-refractivity contribution in [2.75, 3.05) is 0 Å². The first-order chi connectivity index (χ1) is 8.15. The van der Waals surface area contributed by atoms with Crippen LogP contribution in [-0.4, -0.2) is 5.91 Å². The third-order valence-corrected chi connectivity index (χ3v) is 4.63. The van der Waals surface area contributed by atoms with E-state index in [0.717, 1.165) is 18.4 Å². The fourth-order valence-electron chi connectivity index (χ4n) is 2.79. The van der Waals surface area contributed by atoms with E-state index in [1.54, 1.807) is 0 Å². The summed E-state index contributed by atoms with van der Waals surface area (Å²) in [5, 5.41) is 0. The molecular weight excluding hydrogens is 230 g/mol. The van der Waals surface area contributed by atoms with Crippen LogP contribution in [0.25, 0.3) is 0 Å². The summed E-state index contributed by atoms with van der Waals surface area (Å²) in [5.41, 5.74) is 6.55. The molecule has 2 rings (SSSR count). The maximum absolute atomic E-state index is 11.9. The summed E-state index contributed by atoms with van der Waals surface area (Å²) >= 11 is 4.67. The maximum Gasteiger partial charge on any atom is 0.238 e. The minimum Gasteiger partial charge on any atom is -0.368 e. The predicted molar refractivity (Wildman–Crippen MR) is 72.9 cm³/mol. The van der Waals surface area contributed by atoms with Crippen molar-refractivity contribution in [2.24, 2.45) is 11.7 Å². The molecule has 1 aromatic carbocycles. The first-order valence-electron chi connectivity index (χ1n) is 6.23. The molecule has 92 valence electrons. The number of hydrogen-bond donors (Lipinski definition) is 2. The summed E-state index contributed by atoms with van der Waals surface area (Å²) in [5.74, 6) is -0.0570. The van der Waals surface area contributed by atoms with Crippen molar-refractivity contribution in [3.05, 3.63) is 35.9 Å². The summed E-state index contributed by atoms with van der Waals surface area (Å²) in [6.07, 6.45) is 5.69. The Morgan fingerprint density at radius 3 is 2.29 bits per heavy atom. The average Bonchev–Trinajstić information content (AvgIpc) is 2.39. The molecule has 2 nitrogen and oxygen atoms in total. The molecule has 1 atom stereocenters. The molecule has 1 saturated carbocycles. The molecule has 0 bridgehead atoms. The summed E-state index contributed by atoms with van der Waals surface area (Å²) < 4.78 is -0.804. The second kappa shape index (κ2) is 5.13. The van der Waals surface area contributed by atoms with Gasteiger partial charge >= 0.3 is 0 Å². The standard InChI is InChI=1S/C14H19NOS/c15-13(16)14(17,11-7-3-1-4-8-11)12-9-5-2-6-10-12/h1,3-4,7-8,12,17H,2,5-6,9-10H2,(H2,15,16). The molecule has 1 fully saturated rings. The third-order valence-electron chi connectivity index (χ3n) is 3.79. The lowest BCUT2D eigenvalue weighted by atomic mass is 9.75. The quantitative estimate of drug-likeness (QED) is 0.795. The molecule has 1 aliphatic rings. The minimum absolute atomic E-state index is 0.263. The maximum atomic E-state index is 11.9. The Bertz CT molecular complexity index is 386. The van der Waals surface area contributed by atoms with Crippen LogP contribution >= 0.6 is 12.6 Å². The Kier molecular flexibility index (Phi) is 3.77. The van der Waals surface area contributed by atoms with Crippen LogP contribution in [0.1, 0.15) is 37.7 Å². The number of carbonyl (C=O) groups is 1. The third kappa shape index (κ3) is 2.34. The highest BCUT2D eigenvalue weighted by molar-refractivity contribution is 7.82. The number of thiol groups is 1. The van der Waals surface area contributed by atoms with Gasteiger partial charge in [0.05, 0.1) is 0 Å². The van der Waals surface area contributed by atoms with E-state index in [4.69, 9.17) is 5.73 Å². The second-order valence-electron chi connectivity index (χ2n) is 4.83. The first kappa shape index (κ1) is 12.5. The zero-order valence-corrected chi connectivity index (χ0v) is 10.8. The lowest BCUT2D eigenvalue weighted by Crippen LogP contribution is -2.43. The lowest BCUT2D eigenvalue weighted by Gasteiger charge is -2.36. The zero-order chi connectivity index (χ0) is 12.3. The predicted octanol–water partition coefficient (Wildman–Crippen LogP) is 2.88. The number of hydrogen-bond acceptors (Lipinski definition) is 2. The van der Waals surface area contributed by atoms with E-state index < -0.39 is 4.75 Å². The molecule has 17 heavy (non-hydrogen) atoms. The van der Waals surface area contributed by atoms with Gasteiger partial charge in [-0.15, -0.1) is 0 Å². The largest absolute Gasteiger partial charge is 0.368 e. The smallest absolute Gasteiger partial charge is 0.238 e. The van der Waals surface area contributed by atoms with Gasteiger partial charge in [0.2, 0.25) is 5.91 Å². The number of nitrogens with two attached hydrogens (primary N) is 1. The summed E-state index contributed by atoms with van der Waals surface area (Å²) in [6, 6.07) is 9.72. The molecule has 0 aliphatic heterocycles. The van der Waals surface area contributed by atoms with Gasteiger partial charge in [-0.05, 0) is 24.3 Å². The molecule has 3 heteroatoms. The zero-order valence-electron chi connectivity index (χ0n) is 9.93. The van der Waals surface area contributed by atoms with Gasteiger partial charge in [-0.2, -0.15) is 12.6 Å². The summed E-state index contributed by atoms with van der Waals surface area (Å²) in [7, 11) is 0. The molecule has 0 aromatic heterocycles. The van der Waals surface area contributed by atoms with Crippen molar-refractivity contribution in [3.63, 3.8) is 0 Å². The molecule has 1 aliphatic carbocycles. The fraction of sp³-hybridized carbons (Fsp3) is 0.500. The van der Waals surface area contributed by atoms with Crippen molar-refractivity contribution in [1.82, 2.24) is 0 Å². The van der Waals surface area contributed by atoms with Crippen LogP contribution in [0.2, 0.25) is 0 Å². The molecule has 0 spiro atoms. The topological polar surface area (TPSA) is 43.1 Å². The normalized spacial score (nSPS) is 20.8. The Hall–Kier alpha value is -0.960. The summed E-state index contributed by atoms with van der Waals surface area (Å²) in [6.45, 7) is 0. The molecule has 0 saturated heterocycles. The van der Waals surface area contributed by atoms with Gasteiger partial charge in [0.1, 0.15) is 4.75 Å². The van der Waals surface area contributed by atoms with Crippen molar-refractivity contribution < 1.29 is 4.79 Å². The van der Waals surface area contributed by atoms with Gasteiger partial charge in [-0.1, -0.05) is 49.6 Å². The van der Waals surface area contributed by atoms with Gasteiger partial charge in [-0.3, -0.25) is 4.79 Å². The van der Waals surface area contributed by atoms with E-state index in [1.165, 1.54) is 19.3 Å². The van der Waals surface area contributed by atoms with E-state index in [-0.39, 0.29) is 11.8 Å². The molecule has 1 aromatic rings. The molecule has 1 unspecified atom stereocenters. The van der Waals surface area contributed by atoms with E-state index in [1.807, 2.05) is 30.3 Å². The number of carbonyl (C=O) groups excluding carboxylic acids is 1. The molecule has 1 amide bonds. The Morgan fingerprint density at radius 1 is 1.18 bits per heavy atom. The van der Waals surface area contributed by atoms with E-state index in [9.17, 15) is 4.79 Å². The lowest BCUT2D eigenvalue weighted by molar-refractivity contribution is -0.122. The molecule has 0 radical (unpaired) electrons. The van der Waals surface area contributed by atoms with E-state index in [0.29, 0.717) is 0 Å². The van der Waals surface area contributed by atoms with Gasteiger partial charge in [-0.25, -0.2) is 0 Å². The number of primary amides is 1. The Labute approximate surface area is 108 Å². The number of amides is 1. The van der Waals surface area contributed by atoms with Crippen LogP contribution in [0.5, 0.6) is 0 Å². The monoisotopic (exact) mass is 249 g/mol. The van der Waals surface area contributed by atoms with Gasteiger partial charge in [0.15, 0.2) is 0 Å². The van der Waals surface area contributed by atoms with E-state index >= 15 is 0 Å². The van der Waals surface area contributed by atoms with Crippen molar-refractivity contribution in [3.8, 4) is 0 Å². The Morgan fingerprint density at radius 2 is 1.76 bits per heavy atom. The van der Waals surface area contributed by atoms with E-state index in [2.05, 4.69) is 12.6 Å². The van der Waals surface area contributed by atoms with Crippen molar-refractivity contribution in [1.29, 1.82) is 0 Å². The molecule has 0 heterocycles. The second-order valence-corrected chi connectivity index (χ2v) is 5.54. The van der Waals surface area contributed by atoms with Crippen LogP contribution < -0.4 is 5.73 Å². The van der Waals surface area contributed by atoms with Crippen molar-refractivity contribution in [2.45, 2.75) is 36.9 Å². The number of benzene rings is 1. The van der Waals surface area contributed by atoms with Crippen LogP contribution in [0.3, 0.4) is 0 Å². The minimum atomic E-state index is -0.804. The van der Waals surface area contributed by atoms with Gasteiger partial charge < -0.3 is 5.73 Å². The van der Waals surface area contributed by atoms with Crippen molar-refractivity contribution >= 4 is 18.5 Å².